The summed E-state index contributed by atoms with van der Waals surface area (Å²) in [5, 5.41) is 0.525. The van der Waals surface area contributed by atoms with E-state index in [2.05, 4.69) is 0 Å². The lowest BCUT2D eigenvalue weighted by atomic mass is 10.1. The maximum atomic E-state index is 13.8. The molecule has 4 heteroatoms. The van der Waals surface area contributed by atoms with Crippen LogP contribution in [0.5, 0.6) is 0 Å². The van der Waals surface area contributed by atoms with E-state index in [0.717, 1.165) is 5.52 Å². The zero-order valence-electron chi connectivity index (χ0n) is 10.1. The Balaban J connectivity index is 2.09. The molecule has 2 nitrogen and oxygen atoms in total. The number of nitrogen functional groups attached to an aromatic ring is 1. The van der Waals surface area contributed by atoms with Gasteiger partial charge >= 0.3 is 0 Å². The van der Waals surface area contributed by atoms with Crippen LogP contribution in [0.25, 0.3) is 10.9 Å². The molecule has 0 radical (unpaired) electrons. The number of benzene rings is 2. The van der Waals surface area contributed by atoms with Crippen molar-refractivity contribution in [2.75, 3.05) is 5.73 Å². The van der Waals surface area contributed by atoms with Gasteiger partial charge in [0.05, 0.1) is 12.1 Å². The number of anilines is 1. The largest absolute Gasteiger partial charge is 0.398 e. The lowest BCUT2D eigenvalue weighted by Gasteiger charge is -2.09. The molecule has 0 aliphatic carbocycles. The van der Waals surface area contributed by atoms with Gasteiger partial charge in [-0.1, -0.05) is 12.1 Å². The first kappa shape index (κ1) is 11.7. The van der Waals surface area contributed by atoms with E-state index in [1.165, 1.54) is 12.1 Å². The second-order valence-corrected chi connectivity index (χ2v) is 4.42. The number of aromatic nitrogens is 1. The molecule has 0 aliphatic heterocycles. The summed E-state index contributed by atoms with van der Waals surface area (Å²) >= 11 is 0. The molecular formula is C15H12F2N2. The van der Waals surface area contributed by atoms with Gasteiger partial charge in [0.1, 0.15) is 11.6 Å². The average Bonchev–Trinajstić information content (AvgIpc) is 2.79. The predicted molar refractivity (Wildman–Crippen MR) is 71.8 cm³/mol. The third kappa shape index (κ3) is 1.95. The summed E-state index contributed by atoms with van der Waals surface area (Å²) < 4.78 is 29.1. The molecule has 0 saturated heterocycles. The molecule has 2 N–H and O–H groups in total. The van der Waals surface area contributed by atoms with Gasteiger partial charge in [-0.2, -0.15) is 0 Å². The summed E-state index contributed by atoms with van der Waals surface area (Å²) in [6.07, 6.45) is 1.74. The number of rotatable bonds is 2. The zero-order chi connectivity index (χ0) is 13.4. The molecule has 0 bridgehead atoms. The van der Waals surface area contributed by atoms with Crippen LogP contribution >= 0.6 is 0 Å². The zero-order valence-corrected chi connectivity index (χ0v) is 10.1. The molecule has 19 heavy (non-hydrogen) atoms. The fourth-order valence-corrected chi connectivity index (χ4v) is 2.24. The molecule has 0 aliphatic rings. The minimum atomic E-state index is -0.349. The van der Waals surface area contributed by atoms with Crippen molar-refractivity contribution in [2.45, 2.75) is 6.54 Å². The Morgan fingerprint density at radius 2 is 1.68 bits per heavy atom. The van der Waals surface area contributed by atoms with Crippen molar-refractivity contribution in [3.63, 3.8) is 0 Å². The van der Waals surface area contributed by atoms with Crippen molar-refractivity contribution in [1.29, 1.82) is 0 Å². The first-order valence-corrected chi connectivity index (χ1v) is 5.93. The Labute approximate surface area is 109 Å². The molecule has 3 aromatic rings. The number of hydrogen-bond acceptors (Lipinski definition) is 1. The Morgan fingerprint density at radius 3 is 2.47 bits per heavy atom. The average molecular weight is 258 g/mol. The molecule has 1 heterocycles. The minimum Gasteiger partial charge on any atom is -0.398 e. The molecule has 1 aromatic heterocycles. The van der Waals surface area contributed by atoms with Gasteiger partial charge in [0.25, 0.3) is 0 Å². The molecule has 0 spiro atoms. The van der Waals surface area contributed by atoms with E-state index in [0.29, 0.717) is 16.6 Å². The van der Waals surface area contributed by atoms with E-state index >= 15 is 0 Å². The van der Waals surface area contributed by atoms with Crippen molar-refractivity contribution in [2.24, 2.45) is 0 Å². The van der Waals surface area contributed by atoms with Crippen LogP contribution < -0.4 is 5.73 Å². The number of fused-ring (bicyclic) bond motifs is 1. The summed E-state index contributed by atoms with van der Waals surface area (Å²) in [7, 11) is 0. The smallest absolute Gasteiger partial charge is 0.132 e. The summed E-state index contributed by atoms with van der Waals surface area (Å²) in [5.74, 6) is -0.629. The molecule has 96 valence electrons. The van der Waals surface area contributed by atoms with Crippen molar-refractivity contribution in [3.8, 4) is 0 Å². The van der Waals surface area contributed by atoms with Crippen molar-refractivity contribution in [3.05, 3.63) is 65.9 Å². The van der Waals surface area contributed by atoms with Crippen LogP contribution in [-0.2, 0) is 6.54 Å². The molecule has 0 unspecified atom stereocenters. The second-order valence-electron chi connectivity index (χ2n) is 4.42. The maximum absolute atomic E-state index is 13.8. The lowest BCUT2D eigenvalue weighted by molar-refractivity contribution is 0.603. The van der Waals surface area contributed by atoms with Crippen LogP contribution in [0.4, 0.5) is 14.5 Å². The molecule has 0 atom stereocenters. The standard InChI is InChI=1S/C15H12F2N2/c16-12-4-2-6-15-10(12)7-8-19(15)9-11-13(17)3-1-5-14(11)18/h1-8H,9,18H2. The van der Waals surface area contributed by atoms with Gasteiger partial charge in [0.2, 0.25) is 0 Å². The maximum Gasteiger partial charge on any atom is 0.132 e. The van der Waals surface area contributed by atoms with Gasteiger partial charge in [0, 0.05) is 22.8 Å². The fourth-order valence-electron chi connectivity index (χ4n) is 2.24. The summed E-state index contributed by atoms with van der Waals surface area (Å²) in [6.45, 7) is 0.283. The van der Waals surface area contributed by atoms with E-state index in [1.807, 2.05) is 0 Å². The van der Waals surface area contributed by atoms with E-state index in [9.17, 15) is 8.78 Å². The Bertz CT molecular complexity index is 727. The van der Waals surface area contributed by atoms with E-state index in [1.54, 1.807) is 41.1 Å². The van der Waals surface area contributed by atoms with Gasteiger partial charge in [-0.25, -0.2) is 8.78 Å². The SMILES string of the molecule is Nc1cccc(F)c1Cn1ccc2c(F)cccc21. The van der Waals surface area contributed by atoms with E-state index < -0.39 is 0 Å². The number of nitrogens with two attached hydrogens (primary N) is 1. The summed E-state index contributed by atoms with van der Waals surface area (Å²) in [4.78, 5) is 0. The van der Waals surface area contributed by atoms with Crippen LogP contribution in [0.2, 0.25) is 0 Å². The normalized spacial score (nSPS) is 11.1. The van der Waals surface area contributed by atoms with Crippen molar-refractivity contribution < 1.29 is 8.78 Å². The van der Waals surface area contributed by atoms with Gasteiger partial charge in [0.15, 0.2) is 0 Å². The number of halogens is 2. The minimum absolute atomic E-state index is 0.280. The van der Waals surface area contributed by atoms with Crippen molar-refractivity contribution in [1.82, 2.24) is 4.57 Å². The fraction of sp³-hybridized carbons (Fsp3) is 0.0667. The summed E-state index contributed by atoms with van der Waals surface area (Å²) in [6, 6.07) is 11.1. The third-order valence-corrected chi connectivity index (χ3v) is 3.24. The highest BCUT2D eigenvalue weighted by atomic mass is 19.1. The monoisotopic (exact) mass is 258 g/mol. The highest BCUT2D eigenvalue weighted by molar-refractivity contribution is 5.80. The van der Waals surface area contributed by atoms with Crippen LogP contribution in [-0.4, -0.2) is 4.57 Å². The molecule has 0 saturated carbocycles. The molecule has 2 aromatic carbocycles. The van der Waals surface area contributed by atoms with Gasteiger partial charge in [-0.3, -0.25) is 0 Å². The van der Waals surface area contributed by atoms with E-state index in [4.69, 9.17) is 5.73 Å². The quantitative estimate of drug-likeness (QED) is 0.700. The van der Waals surface area contributed by atoms with Crippen molar-refractivity contribution >= 4 is 16.6 Å². The first-order chi connectivity index (χ1) is 9.16. The van der Waals surface area contributed by atoms with Gasteiger partial charge in [-0.05, 0) is 30.3 Å². The van der Waals surface area contributed by atoms with Crippen LogP contribution in [0.3, 0.4) is 0 Å². The van der Waals surface area contributed by atoms with Gasteiger partial charge < -0.3 is 10.3 Å². The highest BCUT2D eigenvalue weighted by Gasteiger charge is 2.10. The number of hydrogen-bond donors (Lipinski definition) is 1. The van der Waals surface area contributed by atoms with Crippen LogP contribution in [0.1, 0.15) is 5.56 Å². The predicted octanol–water partition coefficient (Wildman–Crippen LogP) is 3.55. The Hall–Kier alpha value is -2.36. The Morgan fingerprint density at radius 1 is 0.947 bits per heavy atom. The topological polar surface area (TPSA) is 30.9 Å². The van der Waals surface area contributed by atoms with Crippen LogP contribution in [0.15, 0.2) is 48.7 Å². The third-order valence-electron chi connectivity index (χ3n) is 3.24. The molecule has 0 amide bonds. The van der Waals surface area contributed by atoms with Gasteiger partial charge in [-0.15, -0.1) is 0 Å². The lowest BCUT2D eigenvalue weighted by Crippen LogP contribution is -2.04. The second kappa shape index (κ2) is 4.39. The van der Waals surface area contributed by atoms with E-state index in [-0.39, 0.29) is 18.2 Å². The highest BCUT2D eigenvalue weighted by Crippen LogP contribution is 2.23. The molecular weight excluding hydrogens is 246 g/mol. The van der Waals surface area contributed by atoms with Crippen LogP contribution in [0, 0.1) is 11.6 Å². The Kier molecular flexibility index (Phi) is 2.71. The first-order valence-electron chi connectivity index (χ1n) is 5.93. The molecule has 3 rings (SSSR count). The summed E-state index contributed by atoms with van der Waals surface area (Å²) in [5.41, 5.74) is 7.33. The number of nitrogens with zero attached hydrogens (tertiary/aromatic N) is 1. The molecule has 0 fully saturated rings.